The molecule has 0 amide bonds. The molecule has 0 radical (unpaired) electrons. The molecule has 0 unspecified atom stereocenters. The van der Waals surface area contributed by atoms with Crippen LogP contribution in [-0.4, -0.2) is 11.7 Å². The Morgan fingerprint density at radius 3 is 2.48 bits per heavy atom. The van der Waals surface area contributed by atoms with Crippen molar-refractivity contribution < 1.29 is 19.0 Å². The maximum absolute atomic E-state index is 12.8. The van der Waals surface area contributed by atoms with E-state index in [0.717, 1.165) is 12.0 Å². The number of aliphatic hydroxyl groups is 1. The molecule has 0 fully saturated rings. The third-order valence-electron chi connectivity index (χ3n) is 2.99. The van der Waals surface area contributed by atoms with Crippen LogP contribution in [0.25, 0.3) is 0 Å². The highest BCUT2D eigenvalue weighted by atomic mass is 19.1. The zero-order valence-corrected chi connectivity index (χ0v) is 12.0. The number of rotatable bonds is 7. The topological polar surface area (TPSA) is 38.7 Å². The first-order valence-corrected chi connectivity index (χ1v) is 6.96. The molecule has 0 aliphatic rings. The molecule has 0 aliphatic heterocycles. The highest BCUT2D eigenvalue weighted by Crippen LogP contribution is 2.26. The van der Waals surface area contributed by atoms with Crippen LogP contribution >= 0.6 is 0 Å². The number of ether oxygens (including phenoxy) is 2. The van der Waals surface area contributed by atoms with Gasteiger partial charge in [0.15, 0.2) is 0 Å². The standard InChI is InChI=1S/C17H19FO3/c1-2-9-20-16-8-5-14(11-19)17(10-16)21-12-13-3-6-15(18)7-4-13/h3-8,10,19H,2,9,11-12H2,1H3. The summed E-state index contributed by atoms with van der Waals surface area (Å²) < 4.78 is 24.1. The van der Waals surface area contributed by atoms with Crippen LogP contribution in [0.15, 0.2) is 42.5 Å². The quantitative estimate of drug-likeness (QED) is 0.845. The molecule has 2 aromatic carbocycles. The summed E-state index contributed by atoms with van der Waals surface area (Å²) in [6, 6.07) is 11.5. The Labute approximate surface area is 124 Å². The van der Waals surface area contributed by atoms with Gasteiger partial charge in [-0.25, -0.2) is 4.39 Å². The first-order chi connectivity index (χ1) is 10.2. The van der Waals surface area contributed by atoms with Gasteiger partial charge in [-0.15, -0.1) is 0 Å². The summed E-state index contributed by atoms with van der Waals surface area (Å²) in [7, 11) is 0. The number of benzene rings is 2. The number of hydrogen-bond acceptors (Lipinski definition) is 3. The second-order valence-electron chi connectivity index (χ2n) is 4.69. The van der Waals surface area contributed by atoms with E-state index in [1.165, 1.54) is 12.1 Å². The van der Waals surface area contributed by atoms with Crippen molar-refractivity contribution in [2.45, 2.75) is 26.6 Å². The fourth-order valence-electron chi connectivity index (χ4n) is 1.85. The Morgan fingerprint density at radius 2 is 1.81 bits per heavy atom. The predicted octanol–water partition coefficient (Wildman–Crippen LogP) is 3.69. The Kier molecular flexibility index (Phi) is 5.58. The number of aliphatic hydroxyl groups excluding tert-OH is 1. The molecule has 0 saturated carbocycles. The van der Waals surface area contributed by atoms with Crippen molar-refractivity contribution in [2.24, 2.45) is 0 Å². The lowest BCUT2D eigenvalue weighted by atomic mass is 10.2. The number of halogens is 1. The van der Waals surface area contributed by atoms with E-state index in [4.69, 9.17) is 9.47 Å². The molecular formula is C17H19FO3. The molecule has 0 bridgehead atoms. The molecule has 21 heavy (non-hydrogen) atoms. The molecule has 2 aromatic rings. The van der Waals surface area contributed by atoms with Crippen molar-refractivity contribution in [3.63, 3.8) is 0 Å². The van der Waals surface area contributed by atoms with Crippen LogP contribution in [0, 0.1) is 5.82 Å². The van der Waals surface area contributed by atoms with Gasteiger partial charge in [-0.3, -0.25) is 0 Å². The smallest absolute Gasteiger partial charge is 0.129 e. The van der Waals surface area contributed by atoms with Gasteiger partial charge >= 0.3 is 0 Å². The average molecular weight is 290 g/mol. The minimum absolute atomic E-state index is 0.104. The summed E-state index contributed by atoms with van der Waals surface area (Å²) in [6.07, 6.45) is 0.924. The van der Waals surface area contributed by atoms with E-state index in [9.17, 15) is 9.50 Å². The van der Waals surface area contributed by atoms with Crippen LogP contribution in [0.5, 0.6) is 11.5 Å². The molecule has 112 valence electrons. The van der Waals surface area contributed by atoms with Gasteiger partial charge in [0, 0.05) is 11.6 Å². The van der Waals surface area contributed by atoms with Gasteiger partial charge in [0.05, 0.1) is 13.2 Å². The largest absolute Gasteiger partial charge is 0.493 e. The van der Waals surface area contributed by atoms with Crippen LogP contribution in [0.1, 0.15) is 24.5 Å². The van der Waals surface area contributed by atoms with Gasteiger partial charge in [0.2, 0.25) is 0 Å². The summed E-state index contributed by atoms with van der Waals surface area (Å²) in [5, 5.41) is 9.35. The molecular weight excluding hydrogens is 271 g/mol. The van der Waals surface area contributed by atoms with Crippen molar-refractivity contribution in [3.8, 4) is 11.5 Å². The lowest BCUT2D eigenvalue weighted by Crippen LogP contribution is -2.01. The highest BCUT2D eigenvalue weighted by Gasteiger charge is 2.06. The van der Waals surface area contributed by atoms with Crippen molar-refractivity contribution in [1.29, 1.82) is 0 Å². The summed E-state index contributed by atoms with van der Waals surface area (Å²) in [4.78, 5) is 0. The van der Waals surface area contributed by atoms with E-state index in [1.54, 1.807) is 24.3 Å². The van der Waals surface area contributed by atoms with Gasteiger partial charge in [-0.2, -0.15) is 0 Å². The molecule has 3 nitrogen and oxygen atoms in total. The van der Waals surface area contributed by atoms with Gasteiger partial charge in [0.25, 0.3) is 0 Å². The molecule has 2 rings (SSSR count). The van der Waals surface area contributed by atoms with Gasteiger partial charge in [-0.1, -0.05) is 19.1 Å². The minimum atomic E-state index is -0.273. The second-order valence-corrected chi connectivity index (χ2v) is 4.69. The second kappa shape index (κ2) is 7.64. The first kappa shape index (κ1) is 15.3. The Hall–Kier alpha value is -2.07. The average Bonchev–Trinajstić information content (AvgIpc) is 2.52. The zero-order chi connectivity index (χ0) is 15.1. The molecule has 4 heteroatoms. The first-order valence-electron chi connectivity index (χ1n) is 6.96. The van der Waals surface area contributed by atoms with Crippen LogP contribution < -0.4 is 9.47 Å². The fraction of sp³-hybridized carbons (Fsp3) is 0.294. The van der Waals surface area contributed by atoms with Crippen LogP contribution in [0.3, 0.4) is 0 Å². The van der Waals surface area contributed by atoms with E-state index < -0.39 is 0 Å². The van der Waals surface area contributed by atoms with Crippen molar-refractivity contribution >= 4 is 0 Å². The summed E-state index contributed by atoms with van der Waals surface area (Å²) in [5.41, 5.74) is 1.56. The van der Waals surface area contributed by atoms with E-state index in [-0.39, 0.29) is 12.4 Å². The molecule has 1 N–H and O–H groups in total. The molecule has 0 aromatic heterocycles. The van der Waals surface area contributed by atoms with Crippen molar-refractivity contribution in [2.75, 3.05) is 6.61 Å². The predicted molar refractivity (Wildman–Crippen MR) is 78.9 cm³/mol. The molecule has 0 saturated heterocycles. The summed E-state index contributed by atoms with van der Waals surface area (Å²) in [6.45, 7) is 2.88. The Balaban J connectivity index is 2.07. The van der Waals surface area contributed by atoms with E-state index in [0.29, 0.717) is 30.3 Å². The summed E-state index contributed by atoms with van der Waals surface area (Å²) >= 11 is 0. The fourth-order valence-corrected chi connectivity index (χ4v) is 1.85. The minimum Gasteiger partial charge on any atom is -0.493 e. The van der Waals surface area contributed by atoms with Gasteiger partial charge in [0.1, 0.15) is 23.9 Å². The van der Waals surface area contributed by atoms with Crippen LogP contribution in [0.4, 0.5) is 4.39 Å². The third-order valence-corrected chi connectivity index (χ3v) is 2.99. The van der Waals surface area contributed by atoms with Crippen molar-refractivity contribution in [1.82, 2.24) is 0 Å². The van der Waals surface area contributed by atoms with Gasteiger partial charge in [-0.05, 0) is 36.2 Å². The maximum atomic E-state index is 12.8. The Bertz CT molecular complexity index is 567. The van der Waals surface area contributed by atoms with E-state index in [2.05, 4.69) is 0 Å². The zero-order valence-electron chi connectivity index (χ0n) is 12.0. The SMILES string of the molecule is CCCOc1ccc(CO)c(OCc2ccc(F)cc2)c1. The lowest BCUT2D eigenvalue weighted by molar-refractivity contribution is 0.256. The highest BCUT2D eigenvalue weighted by molar-refractivity contribution is 5.40. The maximum Gasteiger partial charge on any atom is 0.129 e. The number of hydrogen-bond donors (Lipinski definition) is 1. The summed E-state index contributed by atoms with van der Waals surface area (Å²) in [5.74, 6) is 1.02. The molecule has 0 aliphatic carbocycles. The van der Waals surface area contributed by atoms with Crippen molar-refractivity contribution in [3.05, 3.63) is 59.4 Å². The van der Waals surface area contributed by atoms with E-state index >= 15 is 0 Å². The normalized spacial score (nSPS) is 10.4. The van der Waals surface area contributed by atoms with Crippen LogP contribution in [0.2, 0.25) is 0 Å². The van der Waals surface area contributed by atoms with Gasteiger partial charge < -0.3 is 14.6 Å². The molecule has 0 heterocycles. The molecule has 0 spiro atoms. The molecule has 0 atom stereocenters. The Morgan fingerprint density at radius 1 is 1.05 bits per heavy atom. The van der Waals surface area contributed by atoms with E-state index in [1.807, 2.05) is 13.0 Å². The lowest BCUT2D eigenvalue weighted by Gasteiger charge is -2.12. The monoisotopic (exact) mass is 290 g/mol. The van der Waals surface area contributed by atoms with Crippen LogP contribution in [-0.2, 0) is 13.2 Å². The third kappa shape index (κ3) is 4.46.